The summed E-state index contributed by atoms with van der Waals surface area (Å²) in [5.41, 5.74) is 0.154. The molecule has 0 fully saturated rings. The predicted octanol–water partition coefficient (Wildman–Crippen LogP) is 4.61. The molecule has 1 aliphatic heterocycles. The summed E-state index contributed by atoms with van der Waals surface area (Å²) in [4.78, 5) is 4.55. The monoisotopic (exact) mass is 287 g/mol. The molecule has 0 spiro atoms. The highest BCUT2D eigenvalue weighted by molar-refractivity contribution is 8.15. The van der Waals surface area contributed by atoms with Crippen LogP contribution >= 0.6 is 11.8 Å². The van der Waals surface area contributed by atoms with E-state index >= 15 is 0 Å². The zero-order chi connectivity index (χ0) is 14.2. The van der Waals surface area contributed by atoms with Gasteiger partial charge in [0.2, 0.25) is 0 Å². The van der Waals surface area contributed by atoms with Crippen LogP contribution in [0, 0.1) is 5.92 Å². The van der Waals surface area contributed by atoms with Crippen LogP contribution in [0.1, 0.15) is 31.9 Å². The molecule has 0 amide bonds. The smallest absolute Gasteiger partial charge is 0.274 e. The fourth-order valence-corrected chi connectivity index (χ4v) is 3.44. The van der Waals surface area contributed by atoms with E-state index in [9.17, 15) is 13.2 Å². The van der Waals surface area contributed by atoms with E-state index in [1.165, 1.54) is 12.1 Å². The van der Waals surface area contributed by atoms with Gasteiger partial charge in [-0.3, -0.25) is 4.99 Å². The van der Waals surface area contributed by atoms with Crippen molar-refractivity contribution < 1.29 is 13.2 Å². The van der Waals surface area contributed by atoms with Crippen LogP contribution in [0.4, 0.5) is 13.2 Å². The number of thioether (sulfide) groups is 1. The summed E-state index contributed by atoms with van der Waals surface area (Å²) in [5, 5.41) is 1.25. The molecule has 19 heavy (non-hydrogen) atoms. The van der Waals surface area contributed by atoms with Crippen molar-refractivity contribution in [2.45, 2.75) is 38.2 Å². The third-order valence-corrected chi connectivity index (χ3v) is 4.94. The third kappa shape index (κ3) is 3.14. The molecule has 1 nitrogen and oxygen atoms in total. The highest BCUT2D eigenvalue weighted by Crippen LogP contribution is 2.36. The average Bonchev–Trinajstić information content (AvgIpc) is 2.70. The summed E-state index contributed by atoms with van der Waals surface area (Å²) in [6.07, 6.45) is -4.28. The summed E-state index contributed by atoms with van der Waals surface area (Å²) in [6.45, 7) is 6.33. The van der Waals surface area contributed by atoms with Crippen molar-refractivity contribution in [3.63, 3.8) is 0 Å². The van der Waals surface area contributed by atoms with E-state index in [0.29, 0.717) is 11.2 Å². The summed E-state index contributed by atoms with van der Waals surface area (Å²) >= 11 is 1.66. The molecule has 0 radical (unpaired) electrons. The van der Waals surface area contributed by atoms with Gasteiger partial charge in [-0.15, -0.1) is 11.8 Å². The topological polar surface area (TPSA) is 12.4 Å². The lowest BCUT2D eigenvalue weighted by Crippen LogP contribution is -2.19. The van der Waals surface area contributed by atoms with Crippen molar-refractivity contribution >= 4 is 16.8 Å². The van der Waals surface area contributed by atoms with Crippen LogP contribution in [0.2, 0.25) is 0 Å². The van der Waals surface area contributed by atoms with Gasteiger partial charge in [-0.1, -0.05) is 26.0 Å². The second-order valence-electron chi connectivity index (χ2n) is 5.08. The average molecular weight is 287 g/mol. The van der Waals surface area contributed by atoms with E-state index in [0.717, 1.165) is 22.7 Å². The minimum Gasteiger partial charge on any atom is -0.274 e. The first-order valence-corrected chi connectivity index (χ1v) is 7.09. The highest BCUT2D eigenvalue weighted by Gasteiger charge is 2.32. The van der Waals surface area contributed by atoms with Gasteiger partial charge < -0.3 is 0 Å². The minimum atomic E-state index is -4.28. The van der Waals surface area contributed by atoms with E-state index in [2.05, 4.69) is 25.8 Å². The third-order valence-electron chi connectivity index (χ3n) is 3.16. The number of benzene rings is 1. The Morgan fingerprint density at radius 1 is 1.16 bits per heavy atom. The molecule has 0 saturated carbocycles. The summed E-state index contributed by atoms with van der Waals surface area (Å²) < 4.78 is 37.5. The van der Waals surface area contributed by atoms with Gasteiger partial charge >= 0.3 is 6.18 Å². The van der Waals surface area contributed by atoms with Gasteiger partial charge in [0.05, 0.1) is 16.6 Å². The Morgan fingerprint density at radius 3 is 2.16 bits per heavy atom. The molecule has 5 heteroatoms. The van der Waals surface area contributed by atoms with Crippen molar-refractivity contribution in [2.75, 3.05) is 0 Å². The summed E-state index contributed by atoms with van der Waals surface area (Å²) in [6, 6.07) is 5.45. The van der Waals surface area contributed by atoms with Crippen LogP contribution in [-0.2, 0) is 6.18 Å². The quantitative estimate of drug-likeness (QED) is 0.773. The van der Waals surface area contributed by atoms with E-state index < -0.39 is 11.7 Å². The molecular weight excluding hydrogens is 271 g/mol. The van der Waals surface area contributed by atoms with Crippen LogP contribution in [-0.4, -0.2) is 16.3 Å². The van der Waals surface area contributed by atoms with E-state index in [-0.39, 0.29) is 6.04 Å². The Labute approximate surface area is 115 Å². The molecule has 0 saturated heterocycles. The van der Waals surface area contributed by atoms with Gasteiger partial charge in [0, 0.05) is 10.8 Å². The van der Waals surface area contributed by atoms with Crippen molar-refractivity contribution in [1.29, 1.82) is 0 Å². The van der Waals surface area contributed by atoms with E-state index in [1.807, 2.05) is 0 Å². The Hall–Kier alpha value is -0.970. The van der Waals surface area contributed by atoms with E-state index in [1.54, 1.807) is 11.8 Å². The first-order valence-electron chi connectivity index (χ1n) is 6.21. The Balaban J connectivity index is 2.19. The number of alkyl halides is 3. The van der Waals surface area contributed by atoms with Crippen LogP contribution < -0.4 is 0 Å². The molecule has 0 N–H and O–H groups in total. The van der Waals surface area contributed by atoms with Crippen LogP contribution in [0.15, 0.2) is 29.3 Å². The van der Waals surface area contributed by atoms with Gasteiger partial charge in [0.15, 0.2) is 0 Å². The molecule has 104 valence electrons. The number of hydrogen-bond acceptors (Lipinski definition) is 2. The van der Waals surface area contributed by atoms with Gasteiger partial charge in [-0.25, -0.2) is 0 Å². The molecule has 0 aromatic heterocycles. The molecule has 1 heterocycles. The predicted molar refractivity (Wildman–Crippen MR) is 73.7 cm³/mol. The fourth-order valence-electron chi connectivity index (χ4n) is 2.15. The minimum absolute atomic E-state index is 0.210. The van der Waals surface area contributed by atoms with Crippen molar-refractivity contribution in [3.8, 4) is 0 Å². The molecule has 2 atom stereocenters. The molecule has 0 bridgehead atoms. The zero-order valence-electron chi connectivity index (χ0n) is 11.0. The maximum atomic E-state index is 12.5. The SMILES string of the molecule is CC(C)C1SC(c2ccc(C(F)(F)F)cc2)=NC1C. The van der Waals surface area contributed by atoms with Crippen LogP contribution in [0.25, 0.3) is 0 Å². The van der Waals surface area contributed by atoms with Crippen LogP contribution in [0.5, 0.6) is 0 Å². The van der Waals surface area contributed by atoms with Crippen molar-refractivity contribution in [2.24, 2.45) is 10.9 Å². The van der Waals surface area contributed by atoms with E-state index in [4.69, 9.17) is 0 Å². The van der Waals surface area contributed by atoms with Gasteiger partial charge in [-0.2, -0.15) is 13.2 Å². The molecule has 2 rings (SSSR count). The molecular formula is C14H16F3NS. The maximum absolute atomic E-state index is 12.5. The number of nitrogens with zero attached hydrogens (tertiary/aromatic N) is 1. The van der Waals surface area contributed by atoms with Crippen LogP contribution in [0.3, 0.4) is 0 Å². The lowest BCUT2D eigenvalue weighted by Gasteiger charge is -2.16. The fraction of sp³-hybridized carbons (Fsp3) is 0.500. The Bertz CT molecular complexity index is 476. The number of rotatable bonds is 2. The summed E-state index contributed by atoms with van der Waals surface area (Å²) in [5.74, 6) is 0.496. The van der Waals surface area contributed by atoms with Gasteiger partial charge in [0.1, 0.15) is 0 Å². The van der Waals surface area contributed by atoms with Gasteiger partial charge in [-0.05, 0) is 25.0 Å². The number of halogens is 3. The molecule has 2 unspecified atom stereocenters. The van der Waals surface area contributed by atoms with Crippen molar-refractivity contribution in [1.82, 2.24) is 0 Å². The number of aliphatic imine (C=N–C) groups is 1. The Morgan fingerprint density at radius 2 is 1.74 bits per heavy atom. The second-order valence-corrected chi connectivity index (χ2v) is 6.24. The highest BCUT2D eigenvalue weighted by atomic mass is 32.2. The molecule has 0 aliphatic carbocycles. The normalized spacial score (nSPS) is 23.8. The molecule has 1 aliphatic rings. The zero-order valence-corrected chi connectivity index (χ0v) is 11.8. The first-order chi connectivity index (χ1) is 8.79. The second kappa shape index (κ2) is 5.19. The van der Waals surface area contributed by atoms with Gasteiger partial charge in [0.25, 0.3) is 0 Å². The first kappa shape index (κ1) is 14.4. The maximum Gasteiger partial charge on any atom is 0.416 e. The number of hydrogen-bond donors (Lipinski definition) is 0. The van der Waals surface area contributed by atoms with Crippen molar-refractivity contribution in [3.05, 3.63) is 35.4 Å². The lowest BCUT2D eigenvalue weighted by molar-refractivity contribution is -0.137. The lowest BCUT2D eigenvalue weighted by atomic mass is 10.1. The molecule has 1 aromatic rings. The molecule has 1 aromatic carbocycles. The largest absolute Gasteiger partial charge is 0.416 e. The summed E-state index contributed by atoms with van der Waals surface area (Å²) in [7, 11) is 0. The Kier molecular flexibility index (Phi) is 3.95. The standard InChI is InChI=1S/C14H16F3NS/c1-8(2)12-9(3)18-13(19-12)10-4-6-11(7-5-10)14(15,16)17/h4-9,12H,1-3H3.